The summed E-state index contributed by atoms with van der Waals surface area (Å²) in [6, 6.07) is 8.14. The van der Waals surface area contributed by atoms with Gasteiger partial charge in [-0.2, -0.15) is 0 Å². The average molecular weight is 271 g/mol. The van der Waals surface area contributed by atoms with Crippen LogP contribution in [0.25, 0.3) is 0 Å². The molecule has 0 bridgehead atoms. The molecule has 15 heavy (non-hydrogen) atoms. The number of para-hydroxylation sites is 1. The number of benzene rings is 1. The molecule has 0 fully saturated rings. The quantitative estimate of drug-likeness (QED) is 0.863. The maximum atomic E-state index is 5.72. The lowest BCUT2D eigenvalue weighted by molar-refractivity contribution is 0.413. The van der Waals surface area contributed by atoms with Crippen LogP contribution in [0.4, 0.5) is 5.69 Å². The van der Waals surface area contributed by atoms with Crippen LogP contribution in [0, 0.1) is 11.8 Å². The summed E-state index contributed by atoms with van der Waals surface area (Å²) >= 11 is 3.51. The second-order valence-corrected chi connectivity index (χ2v) is 4.95. The molecule has 3 heteroatoms. The maximum absolute atomic E-state index is 5.72. The number of nitrogens with one attached hydrogen (secondary N) is 1. The fraction of sp³-hybridized carbons (Fsp3) is 0.500. The zero-order valence-corrected chi connectivity index (χ0v) is 10.9. The van der Waals surface area contributed by atoms with E-state index in [-0.39, 0.29) is 0 Å². The van der Waals surface area contributed by atoms with E-state index in [0.717, 1.165) is 23.2 Å². The van der Waals surface area contributed by atoms with Crippen LogP contribution in [-0.4, -0.2) is 13.1 Å². The molecule has 1 aromatic carbocycles. The van der Waals surface area contributed by atoms with Crippen LogP contribution in [-0.2, 0) is 0 Å². The Kier molecular flexibility index (Phi) is 5.12. The number of halogens is 1. The Morgan fingerprint density at radius 2 is 2.00 bits per heavy atom. The smallest absolute Gasteiger partial charge is 0.0484 e. The zero-order valence-electron chi connectivity index (χ0n) is 9.33. The molecule has 0 aliphatic heterocycles. The van der Waals surface area contributed by atoms with Crippen molar-refractivity contribution in [2.75, 3.05) is 18.4 Å². The van der Waals surface area contributed by atoms with E-state index in [0.29, 0.717) is 11.8 Å². The first-order valence-electron chi connectivity index (χ1n) is 5.33. The first-order valence-corrected chi connectivity index (χ1v) is 6.13. The predicted molar refractivity (Wildman–Crippen MR) is 70.0 cm³/mol. The van der Waals surface area contributed by atoms with Gasteiger partial charge in [0.25, 0.3) is 0 Å². The van der Waals surface area contributed by atoms with Gasteiger partial charge in [0, 0.05) is 16.7 Å². The molecule has 0 spiro atoms. The molecule has 84 valence electrons. The molecule has 0 aromatic heterocycles. The Bertz CT molecular complexity index is 299. The zero-order chi connectivity index (χ0) is 11.3. The molecule has 1 rings (SSSR count). The van der Waals surface area contributed by atoms with Crippen LogP contribution in [0.1, 0.15) is 13.8 Å². The highest BCUT2D eigenvalue weighted by molar-refractivity contribution is 9.10. The topological polar surface area (TPSA) is 38.0 Å². The van der Waals surface area contributed by atoms with Crippen molar-refractivity contribution in [3.63, 3.8) is 0 Å². The van der Waals surface area contributed by atoms with Crippen LogP contribution in [0.15, 0.2) is 28.7 Å². The molecule has 0 radical (unpaired) electrons. The van der Waals surface area contributed by atoms with Gasteiger partial charge in [0.15, 0.2) is 0 Å². The molecule has 0 saturated heterocycles. The van der Waals surface area contributed by atoms with Gasteiger partial charge in [0.1, 0.15) is 0 Å². The number of nitrogens with two attached hydrogens (primary N) is 1. The van der Waals surface area contributed by atoms with Crippen molar-refractivity contribution >= 4 is 21.6 Å². The van der Waals surface area contributed by atoms with Gasteiger partial charge in [-0.1, -0.05) is 26.0 Å². The Morgan fingerprint density at radius 1 is 1.33 bits per heavy atom. The molecule has 0 heterocycles. The lowest BCUT2D eigenvalue weighted by atomic mass is 9.96. The lowest BCUT2D eigenvalue weighted by Crippen LogP contribution is -2.27. The van der Waals surface area contributed by atoms with Gasteiger partial charge in [-0.25, -0.2) is 0 Å². The van der Waals surface area contributed by atoms with E-state index >= 15 is 0 Å². The minimum Gasteiger partial charge on any atom is -0.384 e. The van der Waals surface area contributed by atoms with E-state index in [1.807, 2.05) is 18.2 Å². The van der Waals surface area contributed by atoms with Crippen LogP contribution in [0.2, 0.25) is 0 Å². The SMILES string of the molecule is CC(C)C(CN)CNc1ccccc1Br. The Morgan fingerprint density at radius 3 is 2.53 bits per heavy atom. The van der Waals surface area contributed by atoms with Crippen molar-refractivity contribution in [2.45, 2.75) is 13.8 Å². The largest absolute Gasteiger partial charge is 0.384 e. The van der Waals surface area contributed by atoms with Crippen molar-refractivity contribution in [3.8, 4) is 0 Å². The van der Waals surface area contributed by atoms with Gasteiger partial charge in [-0.05, 0) is 46.4 Å². The summed E-state index contributed by atoms with van der Waals surface area (Å²) in [4.78, 5) is 0. The molecule has 0 aliphatic carbocycles. The van der Waals surface area contributed by atoms with Gasteiger partial charge in [-0.3, -0.25) is 0 Å². The summed E-state index contributed by atoms with van der Waals surface area (Å²) in [6.45, 7) is 6.07. The van der Waals surface area contributed by atoms with Crippen molar-refractivity contribution in [1.29, 1.82) is 0 Å². The van der Waals surface area contributed by atoms with E-state index in [1.165, 1.54) is 0 Å². The van der Waals surface area contributed by atoms with Gasteiger partial charge in [-0.15, -0.1) is 0 Å². The molecule has 1 atom stereocenters. The van der Waals surface area contributed by atoms with Crippen molar-refractivity contribution in [2.24, 2.45) is 17.6 Å². The third-order valence-electron chi connectivity index (χ3n) is 2.67. The molecule has 1 unspecified atom stereocenters. The van der Waals surface area contributed by atoms with Gasteiger partial charge in [0.05, 0.1) is 0 Å². The minimum absolute atomic E-state index is 0.525. The third kappa shape index (κ3) is 3.84. The second kappa shape index (κ2) is 6.13. The van der Waals surface area contributed by atoms with E-state index in [4.69, 9.17) is 5.73 Å². The van der Waals surface area contributed by atoms with Crippen molar-refractivity contribution < 1.29 is 0 Å². The Hall–Kier alpha value is -0.540. The van der Waals surface area contributed by atoms with Crippen LogP contribution in [0.5, 0.6) is 0 Å². The van der Waals surface area contributed by atoms with E-state index < -0.39 is 0 Å². The fourth-order valence-corrected chi connectivity index (χ4v) is 1.86. The van der Waals surface area contributed by atoms with E-state index in [9.17, 15) is 0 Å². The summed E-state index contributed by atoms with van der Waals surface area (Å²) in [7, 11) is 0. The van der Waals surface area contributed by atoms with Gasteiger partial charge in [0.2, 0.25) is 0 Å². The molecule has 1 aromatic rings. The highest BCUT2D eigenvalue weighted by atomic mass is 79.9. The van der Waals surface area contributed by atoms with E-state index in [1.54, 1.807) is 0 Å². The molecule has 0 amide bonds. The number of hydrogen-bond donors (Lipinski definition) is 2. The molecule has 0 aliphatic rings. The van der Waals surface area contributed by atoms with Gasteiger partial charge >= 0.3 is 0 Å². The molecular weight excluding hydrogens is 252 g/mol. The molecule has 0 saturated carbocycles. The lowest BCUT2D eigenvalue weighted by Gasteiger charge is -2.20. The number of anilines is 1. The molecule has 2 nitrogen and oxygen atoms in total. The fourth-order valence-electron chi connectivity index (χ4n) is 1.44. The van der Waals surface area contributed by atoms with Crippen LogP contribution in [0.3, 0.4) is 0 Å². The summed E-state index contributed by atoms with van der Waals surface area (Å²) in [5.41, 5.74) is 6.86. The molecule has 3 N–H and O–H groups in total. The average Bonchev–Trinajstić information content (AvgIpc) is 2.21. The normalized spacial score (nSPS) is 12.9. The highest BCUT2D eigenvalue weighted by Gasteiger charge is 2.11. The minimum atomic E-state index is 0.525. The van der Waals surface area contributed by atoms with Crippen molar-refractivity contribution in [3.05, 3.63) is 28.7 Å². The standard InChI is InChI=1S/C12H19BrN2/c1-9(2)10(7-14)8-15-12-6-4-3-5-11(12)13/h3-6,9-10,15H,7-8,14H2,1-2H3. The highest BCUT2D eigenvalue weighted by Crippen LogP contribution is 2.22. The first-order chi connectivity index (χ1) is 7.15. The maximum Gasteiger partial charge on any atom is 0.0484 e. The number of rotatable bonds is 5. The van der Waals surface area contributed by atoms with E-state index in [2.05, 4.69) is 41.2 Å². The first kappa shape index (κ1) is 12.5. The monoisotopic (exact) mass is 270 g/mol. The Balaban J connectivity index is 2.53. The Labute approximate surface area is 100 Å². The molecular formula is C12H19BrN2. The van der Waals surface area contributed by atoms with Crippen LogP contribution >= 0.6 is 15.9 Å². The summed E-state index contributed by atoms with van der Waals surface area (Å²) in [5.74, 6) is 1.14. The third-order valence-corrected chi connectivity index (χ3v) is 3.37. The van der Waals surface area contributed by atoms with Crippen molar-refractivity contribution in [1.82, 2.24) is 0 Å². The summed E-state index contributed by atoms with van der Waals surface area (Å²) in [6.07, 6.45) is 0. The second-order valence-electron chi connectivity index (χ2n) is 4.10. The van der Waals surface area contributed by atoms with Gasteiger partial charge < -0.3 is 11.1 Å². The summed E-state index contributed by atoms with van der Waals surface area (Å²) < 4.78 is 1.10. The number of hydrogen-bond acceptors (Lipinski definition) is 2. The summed E-state index contributed by atoms with van der Waals surface area (Å²) in [5, 5.41) is 3.42. The predicted octanol–water partition coefficient (Wildman–Crippen LogP) is 3.09. The van der Waals surface area contributed by atoms with Crippen LogP contribution < -0.4 is 11.1 Å².